The lowest BCUT2D eigenvalue weighted by atomic mass is 10.0. The number of esters is 1. The zero-order valence-electron chi connectivity index (χ0n) is 11.4. The maximum atomic E-state index is 11.0. The number of hydrogen-bond donors (Lipinski definition) is 3. The Balaban J connectivity index is 2.30. The van der Waals surface area contributed by atoms with Gasteiger partial charge in [-0.3, -0.25) is 4.79 Å². The first-order valence-corrected chi connectivity index (χ1v) is 6.96. The second kappa shape index (κ2) is 8.30. The van der Waals surface area contributed by atoms with Crippen LogP contribution in [0.5, 0.6) is 0 Å². The summed E-state index contributed by atoms with van der Waals surface area (Å²) in [6, 6.07) is 0. The second-order valence-electron chi connectivity index (χ2n) is 4.98. The molecule has 5 heteroatoms. The van der Waals surface area contributed by atoms with Crippen LogP contribution in [-0.2, 0) is 9.53 Å². The third-order valence-corrected chi connectivity index (χ3v) is 3.27. The van der Waals surface area contributed by atoms with Crippen LogP contribution in [0.2, 0.25) is 0 Å². The Labute approximate surface area is 113 Å². The summed E-state index contributed by atoms with van der Waals surface area (Å²) >= 11 is 0. The Morgan fingerprint density at radius 2 is 2.11 bits per heavy atom. The van der Waals surface area contributed by atoms with Crippen molar-refractivity contribution in [3.8, 4) is 0 Å². The smallest absolute Gasteiger partial charge is 0.309 e. The van der Waals surface area contributed by atoms with Crippen LogP contribution in [0.4, 0.5) is 0 Å². The van der Waals surface area contributed by atoms with Gasteiger partial charge in [-0.15, -0.1) is 0 Å². The van der Waals surface area contributed by atoms with Gasteiger partial charge >= 0.3 is 5.97 Å². The molecular formula is C14H24O5. The van der Waals surface area contributed by atoms with Crippen molar-refractivity contribution in [3.63, 3.8) is 0 Å². The fraction of sp³-hybridized carbons (Fsp3) is 0.786. The summed E-state index contributed by atoms with van der Waals surface area (Å²) in [6.45, 7) is 2.14. The number of carbonyl (C=O) groups excluding carboxylic acids is 1. The van der Waals surface area contributed by atoms with Gasteiger partial charge < -0.3 is 20.1 Å². The van der Waals surface area contributed by atoms with Crippen LogP contribution in [0.1, 0.15) is 45.4 Å². The number of cyclic esters (lactones) is 1. The molecule has 0 aromatic carbocycles. The van der Waals surface area contributed by atoms with Gasteiger partial charge in [-0.1, -0.05) is 38.3 Å². The average Bonchev–Trinajstić information content (AvgIpc) is 2.71. The lowest BCUT2D eigenvalue weighted by molar-refractivity contribution is -0.149. The van der Waals surface area contributed by atoms with E-state index in [1.165, 1.54) is 18.9 Å². The summed E-state index contributed by atoms with van der Waals surface area (Å²) in [6.07, 6.45) is 4.10. The van der Waals surface area contributed by atoms with Crippen LogP contribution in [0.3, 0.4) is 0 Å². The summed E-state index contributed by atoms with van der Waals surface area (Å²) in [7, 11) is 0. The highest BCUT2D eigenvalue weighted by atomic mass is 16.6. The molecule has 1 fully saturated rings. The van der Waals surface area contributed by atoms with E-state index in [2.05, 4.69) is 6.92 Å². The highest BCUT2D eigenvalue weighted by Gasteiger charge is 2.40. The maximum absolute atomic E-state index is 11.0. The SMILES string of the molecule is CCCCCCC=CC(O)C(O)C1OC(=O)CC1O. The predicted molar refractivity (Wildman–Crippen MR) is 70.4 cm³/mol. The van der Waals surface area contributed by atoms with Crippen LogP contribution in [0.15, 0.2) is 12.2 Å². The lowest BCUT2D eigenvalue weighted by Crippen LogP contribution is -2.41. The molecule has 0 spiro atoms. The van der Waals surface area contributed by atoms with Gasteiger partial charge in [0.2, 0.25) is 0 Å². The zero-order chi connectivity index (χ0) is 14.3. The van der Waals surface area contributed by atoms with Crippen molar-refractivity contribution < 1.29 is 24.9 Å². The predicted octanol–water partition coefficient (Wildman–Crippen LogP) is 0.911. The zero-order valence-corrected chi connectivity index (χ0v) is 11.4. The van der Waals surface area contributed by atoms with Crippen molar-refractivity contribution in [2.75, 3.05) is 0 Å². The topological polar surface area (TPSA) is 87.0 Å². The molecule has 0 aliphatic carbocycles. The molecule has 4 atom stereocenters. The van der Waals surface area contributed by atoms with Gasteiger partial charge in [0.1, 0.15) is 18.3 Å². The van der Waals surface area contributed by atoms with Crippen molar-refractivity contribution in [2.24, 2.45) is 0 Å². The largest absolute Gasteiger partial charge is 0.457 e. The Hall–Kier alpha value is -0.910. The number of hydrogen-bond acceptors (Lipinski definition) is 5. The first-order valence-electron chi connectivity index (χ1n) is 6.96. The Morgan fingerprint density at radius 3 is 2.68 bits per heavy atom. The fourth-order valence-corrected chi connectivity index (χ4v) is 2.10. The van der Waals surface area contributed by atoms with Crippen molar-refractivity contribution >= 4 is 5.97 Å². The van der Waals surface area contributed by atoms with Gasteiger partial charge in [-0.2, -0.15) is 0 Å². The minimum Gasteiger partial charge on any atom is -0.457 e. The number of rotatable bonds is 8. The molecule has 110 valence electrons. The molecule has 1 aliphatic heterocycles. The number of allylic oxidation sites excluding steroid dienone is 1. The van der Waals surface area contributed by atoms with E-state index in [0.717, 1.165) is 19.3 Å². The van der Waals surface area contributed by atoms with E-state index < -0.39 is 30.4 Å². The normalized spacial score (nSPS) is 26.6. The molecule has 1 aliphatic rings. The highest BCUT2D eigenvalue weighted by Crippen LogP contribution is 2.20. The van der Waals surface area contributed by atoms with Crippen LogP contribution in [0.25, 0.3) is 0 Å². The third-order valence-electron chi connectivity index (χ3n) is 3.27. The van der Waals surface area contributed by atoms with Gasteiger partial charge in [0.05, 0.1) is 6.42 Å². The number of aliphatic hydroxyl groups excluding tert-OH is 3. The summed E-state index contributed by atoms with van der Waals surface area (Å²) in [5, 5.41) is 29.1. The molecule has 0 aromatic rings. The lowest BCUT2D eigenvalue weighted by Gasteiger charge is -2.22. The summed E-state index contributed by atoms with van der Waals surface area (Å²) in [5.41, 5.74) is 0. The van der Waals surface area contributed by atoms with Crippen LogP contribution in [-0.4, -0.2) is 45.7 Å². The van der Waals surface area contributed by atoms with Gasteiger partial charge in [-0.05, 0) is 12.8 Å². The molecule has 0 saturated carbocycles. The van der Waals surface area contributed by atoms with Crippen LogP contribution < -0.4 is 0 Å². The number of ether oxygens (including phenoxy) is 1. The Bertz CT molecular complexity index is 302. The molecule has 0 aromatic heterocycles. The minimum atomic E-state index is -1.28. The van der Waals surface area contributed by atoms with E-state index in [9.17, 15) is 20.1 Å². The average molecular weight is 272 g/mol. The standard InChI is InChI=1S/C14H24O5/c1-2-3-4-5-6-7-8-10(15)13(18)14-11(16)9-12(17)19-14/h7-8,10-11,13-16,18H,2-6,9H2,1H3. The van der Waals surface area contributed by atoms with Crippen molar-refractivity contribution in [1.82, 2.24) is 0 Å². The minimum absolute atomic E-state index is 0.130. The molecule has 3 N–H and O–H groups in total. The number of aliphatic hydroxyl groups is 3. The number of carbonyl (C=O) groups is 1. The molecule has 1 saturated heterocycles. The van der Waals surface area contributed by atoms with Gasteiger partial charge in [0, 0.05) is 0 Å². The van der Waals surface area contributed by atoms with Crippen molar-refractivity contribution in [1.29, 1.82) is 0 Å². The maximum Gasteiger partial charge on any atom is 0.309 e. The second-order valence-corrected chi connectivity index (χ2v) is 4.98. The molecular weight excluding hydrogens is 248 g/mol. The van der Waals surface area contributed by atoms with E-state index in [-0.39, 0.29) is 6.42 Å². The first kappa shape index (κ1) is 16.1. The van der Waals surface area contributed by atoms with Gasteiger partial charge in [0.15, 0.2) is 6.10 Å². The van der Waals surface area contributed by atoms with Gasteiger partial charge in [0.25, 0.3) is 0 Å². The Kier molecular flexibility index (Phi) is 7.05. The first-order chi connectivity index (χ1) is 9.06. The van der Waals surface area contributed by atoms with Crippen LogP contribution >= 0.6 is 0 Å². The quantitative estimate of drug-likeness (QED) is 0.347. The Morgan fingerprint density at radius 1 is 1.37 bits per heavy atom. The monoisotopic (exact) mass is 272 g/mol. The van der Waals surface area contributed by atoms with E-state index in [1.807, 2.05) is 6.08 Å². The summed E-state index contributed by atoms with van der Waals surface area (Å²) in [5.74, 6) is -0.549. The molecule has 0 bridgehead atoms. The number of unbranched alkanes of at least 4 members (excludes halogenated alkanes) is 4. The third kappa shape index (κ3) is 5.30. The molecule has 0 amide bonds. The molecule has 4 unspecified atom stereocenters. The molecule has 0 radical (unpaired) electrons. The highest BCUT2D eigenvalue weighted by molar-refractivity contribution is 5.72. The fourth-order valence-electron chi connectivity index (χ4n) is 2.10. The van der Waals surface area contributed by atoms with Crippen LogP contribution in [0, 0.1) is 0 Å². The molecule has 1 rings (SSSR count). The van der Waals surface area contributed by atoms with E-state index in [0.29, 0.717) is 0 Å². The molecule has 1 heterocycles. The van der Waals surface area contributed by atoms with E-state index in [1.54, 1.807) is 0 Å². The summed E-state index contributed by atoms with van der Waals surface area (Å²) in [4.78, 5) is 11.0. The van der Waals surface area contributed by atoms with Crippen molar-refractivity contribution in [3.05, 3.63) is 12.2 Å². The molecule has 19 heavy (non-hydrogen) atoms. The van der Waals surface area contributed by atoms with Crippen molar-refractivity contribution in [2.45, 2.75) is 69.9 Å². The molecule has 5 nitrogen and oxygen atoms in total. The van der Waals surface area contributed by atoms with E-state index >= 15 is 0 Å². The summed E-state index contributed by atoms with van der Waals surface area (Å²) < 4.78 is 4.78. The van der Waals surface area contributed by atoms with E-state index in [4.69, 9.17) is 4.74 Å². The van der Waals surface area contributed by atoms with Gasteiger partial charge in [-0.25, -0.2) is 0 Å².